The van der Waals surface area contributed by atoms with E-state index >= 15 is 0 Å². The van der Waals surface area contributed by atoms with Gasteiger partial charge in [-0.15, -0.1) is 0 Å². The fourth-order valence-electron chi connectivity index (χ4n) is 1.30. The zero-order valence-electron chi connectivity index (χ0n) is 6.49. The molecule has 1 heteroatoms. The minimum Gasteiger partial charge on any atom is -0.384 e. The summed E-state index contributed by atoms with van der Waals surface area (Å²) < 4.78 is 0. The summed E-state index contributed by atoms with van der Waals surface area (Å²) in [7, 11) is 0. The average molecular weight is 125 g/mol. The minimum atomic E-state index is 0.332. The maximum absolute atomic E-state index is 3.42. The van der Waals surface area contributed by atoms with E-state index in [4.69, 9.17) is 0 Å². The van der Waals surface area contributed by atoms with Crippen LogP contribution in [0.4, 0.5) is 0 Å². The minimum absolute atomic E-state index is 0.332. The van der Waals surface area contributed by atoms with Crippen LogP contribution in [0.2, 0.25) is 0 Å². The first kappa shape index (κ1) is 6.66. The van der Waals surface area contributed by atoms with Gasteiger partial charge in [0.25, 0.3) is 0 Å². The van der Waals surface area contributed by atoms with Gasteiger partial charge >= 0.3 is 0 Å². The van der Waals surface area contributed by atoms with E-state index in [1.165, 1.54) is 18.5 Å². The third-order valence-corrected chi connectivity index (χ3v) is 1.76. The number of rotatable bonds is 0. The monoisotopic (exact) mass is 125 g/mol. The van der Waals surface area contributed by atoms with Crippen LogP contribution in [0.15, 0.2) is 11.8 Å². The van der Waals surface area contributed by atoms with Crippen LogP contribution in [0.25, 0.3) is 0 Å². The highest BCUT2D eigenvalue weighted by Crippen LogP contribution is 2.18. The van der Waals surface area contributed by atoms with Crippen LogP contribution in [0.1, 0.15) is 33.6 Å². The molecule has 9 heavy (non-hydrogen) atoms. The molecular weight excluding hydrogens is 110 g/mol. The lowest BCUT2D eigenvalue weighted by molar-refractivity contribution is 0.382. The maximum Gasteiger partial charge on any atom is 0.0317 e. The van der Waals surface area contributed by atoms with Crippen molar-refractivity contribution in [2.45, 2.75) is 39.2 Å². The highest BCUT2D eigenvalue weighted by Gasteiger charge is 2.18. The van der Waals surface area contributed by atoms with Gasteiger partial charge in [-0.3, -0.25) is 0 Å². The van der Waals surface area contributed by atoms with E-state index in [0.717, 1.165) is 0 Å². The van der Waals surface area contributed by atoms with Crippen LogP contribution in [-0.4, -0.2) is 5.54 Å². The summed E-state index contributed by atoms with van der Waals surface area (Å²) in [5.74, 6) is 0. The van der Waals surface area contributed by atoms with Gasteiger partial charge in [0.1, 0.15) is 0 Å². The SMILES string of the molecule is CC1=CCCC(C)(C)N1. The Kier molecular flexibility index (Phi) is 1.52. The molecule has 0 fully saturated rings. The number of hydrogen-bond donors (Lipinski definition) is 1. The molecule has 0 radical (unpaired) electrons. The lowest BCUT2D eigenvalue weighted by Crippen LogP contribution is -2.39. The molecule has 1 heterocycles. The van der Waals surface area contributed by atoms with Crippen LogP contribution < -0.4 is 5.32 Å². The van der Waals surface area contributed by atoms with E-state index in [1.54, 1.807) is 0 Å². The molecule has 0 aromatic carbocycles. The predicted molar refractivity (Wildman–Crippen MR) is 40.2 cm³/mol. The normalized spacial score (nSPS) is 24.6. The fraction of sp³-hybridized carbons (Fsp3) is 0.750. The number of allylic oxidation sites excluding steroid dienone is 2. The molecule has 0 saturated carbocycles. The van der Waals surface area contributed by atoms with Crippen molar-refractivity contribution in [2.75, 3.05) is 0 Å². The van der Waals surface area contributed by atoms with Gasteiger partial charge in [0.15, 0.2) is 0 Å². The lowest BCUT2D eigenvalue weighted by Gasteiger charge is -2.31. The molecule has 0 aromatic rings. The average Bonchev–Trinajstić information content (AvgIpc) is 1.60. The Hall–Kier alpha value is -0.460. The van der Waals surface area contributed by atoms with E-state index in [0.29, 0.717) is 5.54 Å². The van der Waals surface area contributed by atoms with Crippen LogP contribution >= 0.6 is 0 Å². The molecule has 1 rings (SSSR count). The second-order valence-electron chi connectivity index (χ2n) is 3.43. The second kappa shape index (κ2) is 2.05. The first-order valence-corrected chi connectivity index (χ1v) is 3.55. The van der Waals surface area contributed by atoms with Gasteiger partial charge in [0.2, 0.25) is 0 Å². The molecule has 0 aliphatic carbocycles. The van der Waals surface area contributed by atoms with Gasteiger partial charge < -0.3 is 5.32 Å². The third-order valence-electron chi connectivity index (χ3n) is 1.76. The van der Waals surface area contributed by atoms with Crippen molar-refractivity contribution >= 4 is 0 Å². The number of hydrogen-bond acceptors (Lipinski definition) is 1. The van der Waals surface area contributed by atoms with Crippen molar-refractivity contribution in [3.8, 4) is 0 Å². The molecule has 52 valence electrons. The smallest absolute Gasteiger partial charge is 0.0317 e. The molecule has 0 spiro atoms. The van der Waals surface area contributed by atoms with Gasteiger partial charge in [0.05, 0.1) is 0 Å². The Bertz CT molecular complexity index is 134. The van der Waals surface area contributed by atoms with Gasteiger partial charge in [-0.1, -0.05) is 6.08 Å². The summed E-state index contributed by atoms with van der Waals surface area (Å²) in [6.07, 6.45) is 4.74. The zero-order valence-corrected chi connectivity index (χ0v) is 6.49. The van der Waals surface area contributed by atoms with Gasteiger partial charge in [-0.2, -0.15) is 0 Å². The van der Waals surface area contributed by atoms with Crippen molar-refractivity contribution in [2.24, 2.45) is 0 Å². The standard InChI is InChI=1S/C8H15N/c1-7-5-4-6-8(2,3)9-7/h5,9H,4,6H2,1-3H3. The largest absolute Gasteiger partial charge is 0.384 e. The topological polar surface area (TPSA) is 12.0 Å². The maximum atomic E-state index is 3.42. The summed E-state index contributed by atoms with van der Waals surface area (Å²) in [6.45, 7) is 6.61. The molecule has 0 saturated heterocycles. The Balaban J connectivity index is 2.59. The molecule has 0 atom stereocenters. The Labute approximate surface area is 57.1 Å². The zero-order chi connectivity index (χ0) is 6.91. The Morgan fingerprint density at radius 1 is 1.56 bits per heavy atom. The molecule has 0 aromatic heterocycles. The van der Waals surface area contributed by atoms with E-state index in [2.05, 4.69) is 32.2 Å². The van der Waals surface area contributed by atoms with Crippen molar-refractivity contribution in [3.63, 3.8) is 0 Å². The lowest BCUT2D eigenvalue weighted by atomic mass is 9.94. The van der Waals surface area contributed by atoms with E-state index in [9.17, 15) is 0 Å². The van der Waals surface area contributed by atoms with Crippen LogP contribution in [0.5, 0.6) is 0 Å². The van der Waals surface area contributed by atoms with Gasteiger partial charge in [-0.05, 0) is 33.6 Å². The Morgan fingerprint density at radius 2 is 2.22 bits per heavy atom. The molecular formula is C8H15N. The molecule has 0 unspecified atom stereocenters. The number of nitrogens with one attached hydrogen (secondary N) is 1. The van der Waals surface area contributed by atoms with Crippen molar-refractivity contribution in [1.82, 2.24) is 5.32 Å². The second-order valence-corrected chi connectivity index (χ2v) is 3.43. The summed E-state index contributed by atoms with van der Waals surface area (Å²) in [5, 5.41) is 3.42. The Morgan fingerprint density at radius 3 is 2.56 bits per heavy atom. The highest BCUT2D eigenvalue weighted by atomic mass is 15.0. The molecule has 1 aliphatic rings. The predicted octanol–water partition coefficient (Wildman–Crippen LogP) is 2.05. The highest BCUT2D eigenvalue weighted by molar-refractivity contribution is 5.05. The van der Waals surface area contributed by atoms with E-state index in [1.807, 2.05) is 0 Å². The summed E-state index contributed by atoms with van der Waals surface area (Å²) in [6, 6.07) is 0. The van der Waals surface area contributed by atoms with Crippen molar-refractivity contribution in [1.29, 1.82) is 0 Å². The third kappa shape index (κ3) is 1.74. The fourth-order valence-corrected chi connectivity index (χ4v) is 1.30. The summed E-state index contributed by atoms with van der Waals surface area (Å²) in [5.41, 5.74) is 1.66. The molecule has 1 N–H and O–H groups in total. The summed E-state index contributed by atoms with van der Waals surface area (Å²) >= 11 is 0. The quantitative estimate of drug-likeness (QED) is 0.522. The first-order valence-electron chi connectivity index (χ1n) is 3.55. The first-order chi connectivity index (χ1) is 4.10. The molecule has 1 nitrogen and oxygen atoms in total. The summed E-state index contributed by atoms with van der Waals surface area (Å²) in [4.78, 5) is 0. The van der Waals surface area contributed by atoms with Gasteiger partial charge in [0, 0.05) is 11.2 Å². The van der Waals surface area contributed by atoms with Crippen LogP contribution in [-0.2, 0) is 0 Å². The van der Waals surface area contributed by atoms with Crippen molar-refractivity contribution < 1.29 is 0 Å². The van der Waals surface area contributed by atoms with E-state index < -0.39 is 0 Å². The molecule has 0 amide bonds. The molecule has 0 bridgehead atoms. The van der Waals surface area contributed by atoms with E-state index in [-0.39, 0.29) is 0 Å². The van der Waals surface area contributed by atoms with Gasteiger partial charge in [-0.25, -0.2) is 0 Å². The van der Waals surface area contributed by atoms with Crippen LogP contribution in [0, 0.1) is 0 Å². The molecule has 1 aliphatic heterocycles. The van der Waals surface area contributed by atoms with Crippen LogP contribution in [0.3, 0.4) is 0 Å². The van der Waals surface area contributed by atoms with Crippen molar-refractivity contribution in [3.05, 3.63) is 11.8 Å².